The fourth-order valence-electron chi connectivity index (χ4n) is 4.36. The number of nitrogen functional groups attached to an aromatic ring is 1. The van der Waals surface area contributed by atoms with Gasteiger partial charge in [-0.15, -0.1) is 0 Å². The van der Waals surface area contributed by atoms with Gasteiger partial charge in [-0.25, -0.2) is 9.78 Å². The predicted molar refractivity (Wildman–Crippen MR) is 137 cm³/mol. The van der Waals surface area contributed by atoms with Crippen molar-refractivity contribution in [3.63, 3.8) is 0 Å². The SMILES string of the molecule is CCCCCNc1nc(N)nc2ccn(Cc3ccc(CN4CC(OC(=O)NC)C4)cc3OC)c12. The lowest BCUT2D eigenvalue weighted by Crippen LogP contribution is -2.52. The summed E-state index contributed by atoms with van der Waals surface area (Å²) in [5, 5.41) is 5.93. The van der Waals surface area contributed by atoms with E-state index in [-0.39, 0.29) is 18.1 Å². The minimum Gasteiger partial charge on any atom is -0.496 e. The van der Waals surface area contributed by atoms with E-state index in [0.29, 0.717) is 6.54 Å². The molecule has 188 valence electrons. The lowest BCUT2D eigenvalue weighted by molar-refractivity contribution is -0.0165. The minimum absolute atomic E-state index is 0.0563. The van der Waals surface area contributed by atoms with Crippen LogP contribution in [0.25, 0.3) is 11.0 Å². The number of fused-ring (bicyclic) bond motifs is 1. The Hall–Kier alpha value is -3.53. The van der Waals surface area contributed by atoms with Gasteiger partial charge in [-0.2, -0.15) is 4.98 Å². The number of amides is 1. The number of rotatable bonds is 11. The average molecular weight is 482 g/mol. The number of anilines is 2. The topological polar surface area (TPSA) is 120 Å². The summed E-state index contributed by atoms with van der Waals surface area (Å²) < 4.78 is 13.1. The molecule has 0 aliphatic carbocycles. The average Bonchev–Trinajstić information content (AvgIpc) is 3.23. The molecule has 1 fully saturated rings. The van der Waals surface area contributed by atoms with Crippen LogP contribution in [0.5, 0.6) is 5.75 Å². The maximum Gasteiger partial charge on any atom is 0.407 e. The predicted octanol–water partition coefficient (Wildman–Crippen LogP) is 3.21. The molecule has 1 saturated heterocycles. The Morgan fingerprint density at radius 1 is 1.20 bits per heavy atom. The lowest BCUT2D eigenvalue weighted by Gasteiger charge is -2.38. The van der Waals surface area contributed by atoms with Crippen molar-refractivity contribution in [2.24, 2.45) is 0 Å². The van der Waals surface area contributed by atoms with Crippen LogP contribution in [0.15, 0.2) is 30.5 Å². The second kappa shape index (κ2) is 11.3. The van der Waals surface area contributed by atoms with Crippen molar-refractivity contribution in [3.8, 4) is 5.75 Å². The summed E-state index contributed by atoms with van der Waals surface area (Å²) in [4.78, 5) is 22.5. The molecule has 35 heavy (non-hydrogen) atoms. The van der Waals surface area contributed by atoms with Gasteiger partial charge in [-0.05, 0) is 24.1 Å². The number of nitrogens with zero attached hydrogens (tertiary/aromatic N) is 4. The summed E-state index contributed by atoms with van der Waals surface area (Å²) in [7, 11) is 3.26. The number of carbonyl (C=O) groups is 1. The van der Waals surface area contributed by atoms with Crippen LogP contribution in [0.1, 0.15) is 37.3 Å². The Morgan fingerprint density at radius 3 is 2.77 bits per heavy atom. The fourth-order valence-corrected chi connectivity index (χ4v) is 4.36. The Morgan fingerprint density at radius 2 is 2.03 bits per heavy atom. The summed E-state index contributed by atoms with van der Waals surface area (Å²) in [6, 6.07) is 8.26. The highest BCUT2D eigenvalue weighted by atomic mass is 16.6. The molecule has 0 unspecified atom stereocenters. The number of hydrogen-bond donors (Lipinski definition) is 3. The molecule has 4 N–H and O–H groups in total. The molecule has 0 bridgehead atoms. The van der Waals surface area contributed by atoms with Gasteiger partial charge in [0.2, 0.25) is 5.95 Å². The highest BCUT2D eigenvalue weighted by Gasteiger charge is 2.29. The quantitative estimate of drug-likeness (QED) is 0.357. The number of methoxy groups -OCH3 is 1. The standard InChI is InChI=1S/C25H35N7O3/c1-4-5-6-10-28-23-22-20(29-24(26)30-23)9-11-32(22)14-18-8-7-17(12-21(18)34-3)13-31-15-19(16-31)35-25(33)27-2/h7-9,11-12,19H,4-6,10,13-16H2,1-3H3,(H,27,33)(H3,26,28,29,30). The maximum absolute atomic E-state index is 11.3. The van der Waals surface area contributed by atoms with Crippen molar-refractivity contribution in [2.75, 3.05) is 44.8 Å². The molecular formula is C25H35N7O3. The van der Waals surface area contributed by atoms with Crippen molar-refractivity contribution < 1.29 is 14.3 Å². The Labute approximate surface area is 205 Å². The van der Waals surface area contributed by atoms with Crippen molar-refractivity contribution in [1.29, 1.82) is 0 Å². The van der Waals surface area contributed by atoms with Crippen molar-refractivity contribution in [1.82, 2.24) is 24.8 Å². The molecule has 3 heterocycles. The van der Waals surface area contributed by atoms with Crippen LogP contribution in [0.3, 0.4) is 0 Å². The molecule has 10 heteroatoms. The van der Waals surface area contributed by atoms with Gasteiger partial charge in [0.25, 0.3) is 0 Å². The highest BCUT2D eigenvalue weighted by Crippen LogP contribution is 2.28. The highest BCUT2D eigenvalue weighted by molar-refractivity contribution is 5.87. The third kappa shape index (κ3) is 5.94. The van der Waals surface area contributed by atoms with E-state index < -0.39 is 0 Å². The number of hydrogen-bond acceptors (Lipinski definition) is 8. The van der Waals surface area contributed by atoms with E-state index in [4.69, 9.17) is 15.2 Å². The Kier molecular flexibility index (Phi) is 7.91. The van der Waals surface area contributed by atoms with Crippen LogP contribution < -0.4 is 21.1 Å². The molecule has 10 nitrogen and oxygen atoms in total. The van der Waals surface area contributed by atoms with Crippen LogP contribution in [0.4, 0.5) is 16.6 Å². The van der Waals surface area contributed by atoms with Crippen molar-refractivity contribution >= 4 is 28.9 Å². The zero-order chi connectivity index (χ0) is 24.8. The summed E-state index contributed by atoms with van der Waals surface area (Å²) in [5.74, 6) is 1.86. The molecule has 1 aromatic carbocycles. The first-order valence-corrected chi connectivity index (χ1v) is 12.1. The molecule has 0 saturated carbocycles. The van der Waals surface area contributed by atoms with Crippen LogP contribution in [0.2, 0.25) is 0 Å². The third-order valence-electron chi connectivity index (χ3n) is 6.20. The van der Waals surface area contributed by atoms with E-state index in [1.807, 2.05) is 12.3 Å². The van der Waals surface area contributed by atoms with Crippen molar-refractivity contribution in [3.05, 3.63) is 41.6 Å². The second-order valence-corrected chi connectivity index (χ2v) is 8.86. The van der Waals surface area contributed by atoms with E-state index >= 15 is 0 Å². The largest absolute Gasteiger partial charge is 0.496 e. The molecule has 3 aromatic rings. The summed E-state index contributed by atoms with van der Waals surface area (Å²) in [6.45, 7) is 5.88. The first-order valence-electron chi connectivity index (χ1n) is 12.1. The normalized spacial score (nSPS) is 14.0. The number of alkyl carbamates (subject to hydrolysis) is 1. The van der Waals surface area contributed by atoms with Gasteiger partial charge in [0, 0.05) is 45.0 Å². The monoisotopic (exact) mass is 481 g/mol. The zero-order valence-corrected chi connectivity index (χ0v) is 20.7. The van der Waals surface area contributed by atoms with Crippen LogP contribution in [-0.4, -0.2) is 65.4 Å². The van der Waals surface area contributed by atoms with Gasteiger partial charge in [0.1, 0.15) is 17.4 Å². The van der Waals surface area contributed by atoms with Gasteiger partial charge in [0.05, 0.1) is 19.2 Å². The molecule has 4 rings (SSSR count). The number of aromatic nitrogens is 3. The van der Waals surface area contributed by atoms with Crippen LogP contribution in [0, 0.1) is 0 Å². The van der Waals surface area contributed by atoms with Crippen LogP contribution in [-0.2, 0) is 17.8 Å². The van der Waals surface area contributed by atoms with Gasteiger partial charge in [-0.1, -0.05) is 31.9 Å². The number of benzene rings is 1. The Bertz CT molecular complexity index is 1160. The first kappa shape index (κ1) is 24.6. The van der Waals surface area contributed by atoms with Crippen LogP contribution >= 0.6 is 0 Å². The van der Waals surface area contributed by atoms with Crippen molar-refractivity contribution in [2.45, 2.75) is 45.4 Å². The number of likely N-dealkylation sites (tertiary alicyclic amines) is 1. The lowest BCUT2D eigenvalue weighted by atomic mass is 10.1. The van der Waals surface area contributed by atoms with Gasteiger partial charge in [0.15, 0.2) is 5.82 Å². The summed E-state index contributed by atoms with van der Waals surface area (Å²) in [6.07, 6.45) is 4.98. The molecular weight excluding hydrogens is 446 g/mol. The smallest absolute Gasteiger partial charge is 0.407 e. The molecule has 0 spiro atoms. The molecule has 0 atom stereocenters. The zero-order valence-electron chi connectivity index (χ0n) is 20.7. The Balaban J connectivity index is 1.46. The second-order valence-electron chi connectivity index (χ2n) is 8.86. The molecule has 1 aliphatic heterocycles. The van der Waals surface area contributed by atoms with Gasteiger partial charge in [-0.3, -0.25) is 4.90 Å². The molecule has 0 radical (unpaired) electrons. The van der Waals surface area contributed by atoms with E-state index in [0.717, 1.165) is 72.7 Å². The summed E-state index contributed by atoms with van der Waals surface area (Å²) >= 11 is 0. The van der Waals surface area contributed by atoms with E-state index in [1.54, 1.807) is 14.2 Å². The first-order chi connectivity index (χ1) is 17.0. The molecule has 1 amide bonds. The number of ether oxygens (including phenoxy) is 2. The van der Waals surface area contributed by atoms with E-state index in [1.165, 1.54) is 6.42 Å². The van der Waals surface area contributed by atoms with E-state index in [2.05, 4.69) is 55.2 Å². The van der Waals surface area contributed by atoms with Gasteiger partial charge >= 0.3 is 6.09 Å². The number of unbranched alkanes of at least 4 members (excludes halogenated alkanes) is 2. The minimum atomic E-state index is -0.384. The number of carbonyl (C=O) groups excluding carboxylic acids is 1. The number of nitrogens with two attached hydrogens (primary N) is 1. The maximum atomic E-state index is 11.3. The van der Waals surface area contributed by atoms with E-state index in [9.17, 15) is 4.79 Å². The molecule has 2 aromatic heterocycles. The summed E-state index contributed by atoms with van der Waals surface area (Å²) in [5.41, 5.74) is 9.91. The fraction of sp³-hybridized carbons (Fsp3) is 0.480. The number of nitrogens with one attached hydrogen (secondary N) is 2. The van der Waals surface area contributed by atoms with Gasteiger partial charge < -0.3 is 30.4 Å². The molecule has 1 aliphatic rings. The third-order valence-corrected chi connectivity index (χ3v) is 6.20.